The Balaban J connectivity index is 2.36. The first-order valence-electron chi connectivity index (χ1n) is 5.41. The maximum Gasteiger partial charge on any atom is 0.351 e. The van der Waals surface area contributed by atoms with Crippen molar-refractivity contribution in [2.75, 3.05) is 12.3 Å². The second-order valence-corrected chi connectivity index (χ2v) is 3.98. The number of aliphatic hydroxyl groups excluding tert-OH is 2. The molecule has 0 radical (unpaired) electrons. The maximum absolute atomic E-state index is 11.6. The quantitative estimate of drug-likeness (QED) is 0.353. The van der Waals surface area contributed by atoms with Crippen LogP contribution in [0.2, 0.25) is 0 Å². The highest BCUT2D eigenvalue weighted by atomic mass is 16.5. The number of hydrogen-bond donors (Lipinski definition) is 3. The molecule has 2 heterocycles. The van der Waals surface area contributed by atoms with E-state index >= 15 is 0 Å². The summed E-state index contributed by atoms with van der Waals surface area (Å²) in [4.78, 5) is 17.7. The molecule has 102 valence electrons. The van der Waals surface area contributed by atoms with E-state index in [4.69, 9.17) is 21.1 Å². The molecule has 10 heteroatoms. The van der Waals surface area contributed by atoms with Crippen molar-refractivity contribution >= 4 is 5.82 Å². The summed E-state index contributed by atoms with van der Waals surface area (Å²) in [7, 11) is 0. The SMILES string of the molecule is [N-]=[N+]=N[C@H]1C(O)[C@@H](n2ccc(N)nc2=O)O[C@H]1CO. The van der Waals surface area contributed by atoms with Crippen LogP contribution in [0.3, 0.4) is 0 Å². The summed E-state index contributed by atoms with van der Waals surface area (Å²) in [6.07, 6.45) is -1.93. The maximum atomic E-state index is 11.6. The van der Waals surface area contributed by atoms with Gasteiger partial charge in [0.2, 0.25) is 0 Å². The van der Waals surface area contributed by atoms with Gasteiger partial charge in [-0.1, -0.05) is 5.11 Å². The van der Waals surface area contributed by atoms with Gasteiger partial charge in [0.05, 0.1) is 18.8 Å². The Labute approximate surface area is 106 Å². The van der Waals surface area contributed by atoms with Crippen molar-refractivity contribution in [3.8, 4) is 0 Å². The lowest BCUT2D eigenvalue weighted by molar-refractivity contribution is -0.0531. The van der Waals surface area contributed by atoms with Crippen LogP contribution >= 0.6 is 0 Å². The molecule has 1 saturated heterocycles. The summed E-state index contributed by atoms with van der Waals surface area (Å²) < 4.78 is 6.34. The van der Waals surface area contributed by atoms with Crippen LogP contribution in [0.5, 0.6) is 0 Å². The molecule has 1 fully saturated rings. The van der Waals surface area contributed by atoms with Gasteiger partial charge in [0.1, 0.15) is 11.9 Å². The van der Waals surface area contributed by atoms with Crippen LogP contribution in [-0.2, 0) is 4.74 Å². The Kier molecular flexibility index (Phi) is 3.67. The van der Waals surface area contributed by atoms with E-state index in [1.807, 2.05) is 0 Å². The van der Waals surface area contributed by atoms with E-state index in [2.05, 4.69) is 15.0 Å². The number of aliphatic hydroxyl groups is 2. The molecule has 0 aliphatic carbocycles. The number of nitrogens with two attached hydrogens (primary N) is 1. The molecule has 1 aromatic heterocycles. The smallest absolute Gasteiger partial charge is 0.351 e. The summed E-state index contributed by atoms with van der Waals surface area (Å²) in [5.74, 6) is 0.0408. The monoisotopic (exact) mass is 268 g/mol. The molecule has 0 amide bonds. The molecule has 10 nitrogen and oxygen atoms in total. The van der Waals surface area contributed by atoms with Gasteiger partial charge in [0, 0.05) is 11.1 Å². The lowest BCUT2D eigenvalue weighted by Gasteiger charge is -2.17. The summed E-state index contributed by atoms with van der Waals surface area (Å²) >= 11 is 0. The molecule has 4 atom stereocenters. The molecule has 19 heavy (non-hydrogen) atoms. The van der Waals surface area contributed by atoms with Gasteiger partial charge in [-0.15, -0.1) is 0 Å². The first-order chi connectivity index (χ1) is 9.08. The van der Waals surface area contributed by atoms with E-state index in [-0.39, 0.29) is 5.82 Å². The number of anilines is 1. The van der Waals surface area contributed by atoms with Crippen molar-refractivity contribution < 1.29 is 14.9 Å². The van der Waals surface area contributed by atoms with Crippen LogP contribution in [0.25, 0.3) is 10.4 Å². The third kappa shape index (κ3) is 2.37. The van der Waals surface area contributed by atoms with Gasteiger partial charge in [-0.25, -0.2) is 4.79 Å². The summed E-state index contributed by atoms with van der Waals surface area (Å²) in [6, 6.07) is 0.385. The Morgan fingerprint density at radius 3 is 3.00 bits per heavy atom. The normalized spacial score (nSPS) is 30.0. The highest BCUT2D eigenvalue weighted by molar-refractivity contribution is 5.23. The molecule has 0 bridgehead atoms. The van der Waals surface area contributed by atoms with Crippen LogP contribution in [0.1, 0.15) is 6.23 Å². The minimum Gasteiger partial charge on any atom is -0.394 e. The molecule has 1 unspecified atom stereocenters. The summed E-state index contributed by atoms with van der Waals surface area (Å²) in [5, 5.41) is 22.5. The van der Waals surface area contributed by atoms with Gasteiger partial charge in [-0.05, 0) is 11.6 Å². The first-order valence-corrected chi connectivity index (χ1v) is 5.41. The van der Waals surface area contributed by atoms with Crippen LogP contribution in [0.4, 0.5) is 5.82 Å². The van der Waals surface area contributed by atoms with Gasteiger partial charge in [0.25, 0.3) is 0 Å². The molecular weight excluding hydrogens is 256 g/mol. The van der Waals surface area contributed by atoms with Gasteiger partial charge in [0.15, 0.2) is 6.23 Å². The number of rotatable bonds is 3. The molecular formula is C9H12N6O4. The van der Waals surface area contributed by atoms with Crippen molar-refractivity contribution in [1.82, 2.24) is 9.55 Å². The fourth-order valence-electron chi connectivity index (χ4n) is 1.93. The second kappa shape index (κ2) is 5.24. The van der Waals surface area contributed by atoms with Crippen LogP contribution < -0.4 is 11.4 Å². The molecule has 0 spiro atoms. The van der Waals surface area contributed by atoms with Gasteiger partial charge in [-0.2, -0.15) is 4.98 Å². The number of nitrogen functional groups attached to an aromatic ring is 1. The van der Waals surface area contributed by atoms with Crippen molar-refractivity contribution in [2.24, 2.45) is 5.11 Å². The highest BCUT2D eigenvalue weighted by Gasteiger charge is 2.44. The molecule has 1 aliphatic heterocycles. The third-order valence-electron chi connectivity index (χ3n) is 2.83. The average molecular weight is 268 g/mol. The number of hydrogen-bond acceptors (Lipinski definition) is 7. The first kappa shape index (κ1) is 13.3. The predicted molar refractivity (Wildman–Crippen MR) is 62.8 cm³/mol. The lowest BCUT2D eigenvalue weighted by atomic mass is 10.1. The highest BCUT2D eigenvalue weighted by Crippen LogP contribution is 2.30. The van der Waals surface area contributed by atoms with Crippen molar-refractivity contribution in [3.63, 3.8) is 0 Å². The van der Waals surface area contributed by atoms with Gasteiger partial charge < -0.3 is 20.7 Å². The van der Waals surface area contributed by atoms with E-state index in [0.29, 0.717) is 0 Å². The van der Waals surface area contributed by atoms with Crippen molar-refractivity contribution in [1.29, 1.82) is 0 Å². The number of ether oxygens (including phenoxy) is 1. The molecule has 2 rings (SSSR count). The Morgan fingerprint density at radius 1 is 1.68 bits per heavy atom. The second-order valence-electron chi connectivity index (χ2n) is 3.98. The van der Waals surface area contributed by atoms with Crippen molar-refractivity contribution in [3.05, 3.63) is 33.2 Å². The topological polar surface area (TPSA) is 159 Å². The Morgan fingerprint density at radius 2 is 2.42 bits per heavy atom. The van der Waals surface area contributed by atoms with E-state index in [1.165, 1.54) is 12.3 Å². The zero-order chi connectivity index (χ0) is 14.0. The average Bonchev–Trinajstić information content (AvgIpc) is 2.68. The predicted octanol–water partition coefficient (Wildman–Crippen LogP) is -1.24. The lowest BCUT2D eigenvalue weighted by Crippen LogP contribution is -2.35. The van der Waals surface area contributed by atoms with E-state index in [1.54, 1.807) is 0 Å². The number of azide groups is 1. The molecule has 1 aromatic rings. The van der Waals surface area contributed by atoms with Gasteiger partial charge >= 0.3 is 5.69 Å². The standard InChI is InChI=1S/C9H12N6O4/c10-5-1-2-15(9(18)12-5)8-7(17)6(13-14-11)4(3-16)19-8/h1-2,4,6-8,16-17H,3H2,(H2,10,12,18)/t4-,6+,7?,8-/m0/s1. The molecule has 0 saturated carbocycles. The number of nitrogens with zero attached hydrogens (tertiary/aromatic N) is 5. The van der Waals surface area contributed by atoms with E-state index < -0.39 is 36.8 Å². The minimum atomic E-state index is -1.27. The third-order valence-corrected chi connectivity index (χ3v) is 2.83. The van der Waals surface area contributed by atoms with Crippen LogP contribution in [0, 0.1) is 0 Å². The van der Waals surface area contributed by atoms with Crippen LogP contribution in [-0.4, -0.2) is 44.6 Å². The van der Waals surface area contributed by atoms with Crippen molar-refractivity contribution in [2.45, 2.75) is 24.5 Å². The Bertz CT molecular complexity index is 568. The Hall–Kier alpha value is -2.13. The fraction of sp³-hybridized carbons (Fsp3) is 0.556. The largest absolute Gasteiger partial charge is 0.394 e. The zero-order valence-corrected chi connectivity index (χ0v) is 9.70. The summed E-state index contributed by atoms with van der Waals surface area (Å²) in [5.41, 5.74) is 13.1. The number of aromatic nitrogens is 2. The van der Waals surface area contributed by atoms with E-state index in [0.717, 1.165) is 4.57 Å². The minimum absolute atomic E-state index is 0.0408. The van der Waals surface area contributed by atoms with Gasteiger partial charge in [-0.3, -0.25) is 4.57 Å². The molecule has 4 N–H and O–H groups in total. The molecule has 1 aliphatic rings. The molecule has 0 aromatic carbocycles. The fourth-order valence-corrected chi connectivity index (χ4v) is 1.93. The summed E-state index contributed by atoms with van der Waals surface area (Å²) in [6.45, 7) is -0.450. The zero-order valence-electron chi connectivity index (χ0n) is 9.70. The van der Waals surface area contributed by atoms with Crippen LogP contribution in [0.15, 0.2) is 22.2 Å². The van der Waals surface area contributed by atoms with E-state index in [9.17, 15) is 9.90 Å².